The van der Waals surface area contributed by atoms with Crippen molar-refractivity contribution in [3.63, 3.8) is 0 Å². The molecule has 1 N–H and O–H groups in total. The van der Waals surface area contributed by atoms with Gasteiger partial charge in [-0.05, 0) is 24.0 Å². The van der Waals surface area contributed by atoms with Crippen molar-refractivity contribution in [3.8, 4) is 0 Å². The summed E-state index contributed by atoms with van der Waals surface area (Å²) in [5.41, 5.74) is -3.90. The maximum absolute atomic E-state index is 12.6. The average molecular weight is 343 g/mol. The summed E-state index contributed by atoms with van der Waals surface area (Å²) < 4.78 is 62.5. The van der Waals surface area contributed by atoms with Crippen LogP contribution in [0.4, 0.5) is 13.2 Å². The molecule has 0 aliphatic rings. The zero-order valence-electron chi connectivity index (χ0n) is 12.1. The molecule has 124 valence electrons. The van der Waals surface area contributed by atoms with Crippen molar-refractivity contribution < 1.29 is 21.6 Å². The molecule has 0 amide bonds. The Morgan fingerprint density at radius 1 is 0.913 bits per heavy atom. The summed E-state index contributed by atoms with van der Waals surface area (Å²) in [5, 5.41) is 0. The zero-order chi connectivity index (χ0) is 16.9. The Kier molecular flexibility index (Phi) is 5.43. The Morgan fingerprint density at radius 3 is 1.96 bits per heavy atom. The first-order chi connectivity index (χ1) is 10.8. The summed E-state index contributed by atoms with van der Waals surface area (Å²) in [5.74, 6) is 0. The fourth-order valence-electron chi connectivity index (χ4n) is 2.19. The highest BCUT2D eigenvalue weighted by atomic mass is 32.2. The minimum absolute atomic E-state index is 0.226. The van der Waals surface area contributed by atoms with Crippen molar-refractivity contribution in [1.29, 1.82) is 0 Å². The summed E-state index contributed by atoms with van der Waals surface area (Å²) >= 11 is 0. The minimum Gasteiger partial charge on any atom is -0.203 e. The normalized spacial score (nSPS) is 13.7. The predicted molar refractivity (Wildman–Crippen MR) is 82.1 cm³/mol. The van der Waals surface area contributed by atoms with Crippen molar-refractivity contribution >= 4 is 10.0 Å². The molecule has 0 aliphatic carbocycles. The molecule has 0 saturated heterocycles. The Labute approximate surface area is 133 Å². The number of benzene rings is 2. The fourth-order valence-corrected chi connectivity index (χ4v) is 2.95. The highest BCUT2D eigenvalue weighted by Crippen LogP contribution is 2.27. The van der Waals surface area contributed by atoms with Crippen molar-refractivity contribution in [3.05, 3.63) is 71.8 Å². The number of halogens is 3. The third-order valence-electron chi connectivity index (χ3n) is 3.37. The number of sulfonamides is 1. The van der Waals surface area contributed by atoms with Crippen LogP contribution >= 0.6 is 0 Å². The van der Waals surface area contributed by atoms with Gasteiger partial charge in [0.15, 0.2) is 0 Å². The molecular formula is C16H16F3NO2S. The van der Waals surface area contributed by atoms with Gasteiger partial charge in [0.25, 0.3) is 0 Å². The van der Waals surface area contributed by atoms with Crippen LogP contribution < -0.4 is 4.72 Å². The van der Waals surface area contributed by atoms with Crippen LogP contribution in [-0.2, 0) is 16.4 Å². The molecule has 0 radical (unpaired) electrons. The van der Waals surface area contributed by atoms with E-state index in [-0.39, 0.29) is 6.42 Å². The van der Waals surface area contributed by atoms with E-state index in [4.69, 9.17) is 0 Å². The number of rotatable bonds is 6. The molecule has 0 heterocycles. The largest absolute Gasteiger partial charge is 0.511 e. The number of alkyl halides is 3. The quantitative estimate of drug-likeness (QED) is 0.867. The Balaban J connectivity index is 2.19. The van der Waals surface area contributed by atoms with E-state index >= 15 is 0 Å². The molecule has 0 fully saturated rings. The van der Waals surface area contributed by atoms with Gasteiger partial charge in [-0.1, -0.05) is 60.7 Å². The maximum atomic E-state index is 12.6. The topological polar surface area (TPSA) is 46.2 Å². The predicted octanol–water partition coefficient (Wildman–Crippen LogP) is 3.80. The third kappa shape index (κ3) is 4.80. The lowest BCUT2D eigenvalue weighted by molar-refractivity contribution is -0.0451. The van der Waals surface area contributed by atoms with Gasteiger partial charge >= 0.3 is 15.5 Å². The first-order valence-corrected chi connectivity index (χ1v) is 8.45. The smallest absolute Gasteiger partial charge is 0.203 e. The Morgan fingerprint density at radius 2 is 1.43 bits per heavy atom. The van der Waals surface area contributed by atoms with E-state index < -0.39 is 21.6 Å². The molecular weight excluding hydrogens is 327 g/mol. The molecule has 3 nitrogen and oxygen atoms in total. The van der Waals surface area contributed by atoms with Crippen LogP contribution in [0.3, 0.4) is 0 Å². The molecule has 0 saturated carbocycles. The van der Waals surface area contributed by atoms with Crippen LogP contribution in [0.15, 0.2) is 60.7 Å². The zero-order valence-corrected chi connectivity index (χ0v) is 12.9. The van der Waals surface area contributed by atoms with Gasteiger partial charge in [0.2, 0.25) is 0 Å². The van der Waals surface area contributed by atoms with Crippen LogP contribution in [-0.4, -0.2) is 13.9 Å². The lowest BCUT2D eigenvalue weighted by Crippen LogP contribution is -2.39. The first kappa shape index (κ1) is 17.5. The number of hydrogen-bond donors (Lipinski definition) is 1. The molecule has 2 aromatic carbocycles. The van der Waals surface area contributed by atoms with Gasteiger partial charge in [-0.25, -0.2) is 8.42 Å². The molecule has 2 aromatic rings. The van der Waals surface area contributed by atoms with Crippen molar-refractivity contribution in [1.82, 2.24) is 4.72 Å². The Hall–Kier alpha value is -1.86. The molecule has 1 unspecified atom stereocenters. The Bertz CT molecular complexity index is 716. The number of aryl methyl sites for hydroxylation is 1. The van der Waals surface area contributed by atoms with Gasteiger partial charge in [-0.2, -0.15) is 17.9 Å². The minimum atomic E-state index is -5.40. The molecule has 0 bridgehead atoms. The number of nitrogens with one attached hydrogen (secondary N) is 1. The van der Waals surface area contributed by atoms with E-state index in [9.17, 15) is 21.6 Å². The van der Waals surface area contributed by atoms with Gasteiger partial charge < -0.3 is 0 Å². The van der Waals surface area contributed by atoms with Crippen molar-refractivity contribution in [2.75, 3.05) is 0 Å². The van der Waals surface area contributed by atoms with Crippen LogP contribution in [0.1, 0.15) is 23.6 Å². The lowest BCUT2D eigenvalue weighted by atomic mass is 10.00. The fraction of sp³-hybridized carbons (Fsp3) is 0.250. The standard InChI is InChI=1S/C16H16F3NO2S/c17-16(18,19)23(21,22)20-15(14-9-5-2-6-10-14)12-11-13-7-3-1-4-8-13/h1-10,15,20H,11-12H2. The van der Waals surface area contributed by atoms with Gasteiger partial charge in [0.1, 0.15) is 0 Å². The molecule has 23 heavy (non-hydrogen) atoms. The van der Waals surface area contributed by atoms with E-state index in [1.54, 1.807) is 35.1 Å². The summed E-state index contributed by atoms with van der Waals surface area (Å²) in [7, 11) is -5.40. The van der Waals surface area contributed by atoms with Gasteiger partial charge in [0, 0.05) is 6.04 Å². The van der Waals surface area contributed by atoms with E-state index in [1.807, 2.05) is 30.3 Å². The first-order valence-electron chi connectivity index (χ1n) is 6.97. The van der Waals surface area contributed by atoms with Gasteiger partial charge in [0.05, 0.1) is 0 Å². The molecule has 0 aliphatic heterocycles. The summed E-state index contributed by atoms with van der Waals surface area (Å²) in [6, 6.07) is 16.5. The average Bonchev–Trinajstić information content (AvgIpc) is 2.52. The second kappa shape index (κ2) is 7.14. The summed E-state index contributed by atoms with van der Waals surface area (Å²) in [4.78, 5) is 0. The second-order valence-electron chi connectivity index (χ2n) is 5.05. The third-order valence-corrected chi connectivity index (χ3v) is 4.57. The van der Waals surface area contributed by atoms with E-state index in [1.165, 1.54) is 0 Å². The van der Waals surface area contributed by atoms with E-state index in [0.29, 0.717) is 12.0 Å². The summed E-state index contributed by atoms with van der Waals surface area (Å²) in [6.07, 6.45) is 0.685. The summed E-state index contributed by atoms with van der Waals surface area (Å²) in [6.45, 7) is 0. The molecule has 0 spiro atoms. The van der Waals surface area contributed by atoms with Crippen molar-refractivity contribution in [2.24, 2.45) is 0 Å². The monoisotopic (exact) mass is 343 g/mol. The molecule has 0 aromatic heterocycles. The SMILES string of the molecule is O=S(=O)(NC(CCc1ccccc1)c1ccccc1)C(F)(F)F. The van der Waals surface area contributed by atoms with Gasteiger partial charge in [-0.3, -0.25) is 0 Å². The maximum Gasteiger partial charge on any atom is 0.511 e. The molecule has 7 heteroatoms. The van der Waals surface area contributed by atoms with Crippen LogP contribution in [0.25, 0.3) is 0 Å². The highest BCUT2D eigenvalue weighted by Gasteiger charge is 2.46. The number of hydrogen-bond acceptors (Lipinski definition) is 2. The second-order valence-corrected chi connectivity index (χ2v) is 6.76. The van der Waals surface area contributed by atoms with Crippen LogP contribution in [0, 0.1) is 0 Å². The highest BCUT2D eigenvalue weighted by molar-refractivity contribution is 7.90. The van der Waals surface area contributed by atoms with E-state index in [0.717, 1.165) is 5.56 Å². The van der Waals surface area contributed by atoms with Crippen molar-refractivity contribution in [2.45, 2.75) is 24.4 Å². The van der Waals surface area contributed by atoms with E-state index in [2.05, 4.69) is 0 Å². The molecule has 2 rings (SSSR count). The van der Waals surface area contributed by atoms with Crippen LogP contribution in [0.2, 0.25) is 0 Å². The van der Waals surface area contributed by atoms with Crippen LogP contribution in [0.5, 0.6) is 0 Å². The lowest BCUT2D eigenvalue weighted by Gasteiger charge is -2.20. The molecule has 1 atom stereocenters. The van der Waals surface area contributed by atoms with Gasteiger partial charge in [-0.15, -0.1) is 0 Å².